The molecule has 0 spiro atoms. The third-order valence-corrected chi connectivity index (χ3v) is 2.64. The first kappa shape index (κ1) is 12.3. The van der Waals surface area contributed by atoms with Gasteiger partial charge in [-0.1, -0.05) is 32.0 Å². The molecule has 0 aliphatic carbocycles. The molecule has 2 N–H and O–H groups in total. The average molecular weight is 244 g/mol. The van der Waals surface area contributed by atoms with E-state index in [1.807, 2.05) is 24.3 Å². The molecule has 0 aliphatic rings. The summed E-state index contributed by atoms with van der Waals surface area (Å²) in [6.45, 7) is 4.17. The normalized spacial score (nSPS) is 10.6. The maximum Gasteiger partial charge on any atom is 0.134 e. The number of rotatable bonds is 3. The summed E-state index contributed by atoms with van der Waals surface area (Å²) in [6.07, 6.45) is 0. The number of ether oxygens (including phenoxy) is 1. The van der Waals surface area contributed by atoms with Crippen LogP contribution in [0.2, 0.25) is 0 Å². The fraction of sp³-hybridized carbons (Fsp3) is 0.200. The molecule has 0 radical (unpaired) electrons. The molecule has 0 unspecified atom stereocenters. The maximum absolute atomic E-state index is 9.41. The second-order valence-corrected chi connectivity index (χ2v) is 4.48. The summed E-state index contributed by atoms with van der Waals surface area (Å²) in [5, 5.41) is 18.8. The summed E-state index contributed by atoms with van der Waals surface area (Å²) in [7, 11) is 0. The van der Waals surface area contributed by atoms with E-state index < -0.39 is 0 Å². The van der Waals surface area contributed by atoms with E-state index in [9.17, 15) is 10.2 Å². The van der Waals surface area contributed by atoms with Crippen LogP contribution < -0.4 is 4.74 Å². The summed E-state index contributed by atoms with van der Waals surface area (Å²) in [5.74, 6) is 1.45. The van der Waals surface area contributed by atoms with E-state index in [-0.39, 0.29) is 11.5 Å². The van der Waals surface area contributed by atoms with Crippen molar-refractivity contribution in [1.82, 2.24) is 0 Å². The van der Waals surface area contributed by atoms with Gasteiger partial charge in [0.1, 0.15) is 23.0 Å². The predicted octanol–water partition coefficient (Wildman–Crippen LogP) is 4.01. The van der Waals surface area contributed by atoms with Crippen LogP contribution in [0.15, 0.2) is 42.5 Å². The fourth-order valence-electron chi connectivity index (χ4n) is 1.80. The number of hydrogen-bond donors (Lipinski definition) is 2. The number of phenolic OH excluding ortho intramolecular Hbond substituents is 2. The average Bonchev–Trinajstić information content (AvgIpc) is 2.27. The number of para-hydroxylation sites is 1. The Bertz CT molecular complexity index is 527. The van der Waals surface area contributed by atoms with Gasteiger partial charge < -0.3 is 14.9 Å². The van der Waals surface area contributed by atoms with Gasteiger partial charge in [-0.3, -0.25) is 0 Å². The van der Waals surface area contributed by atoms with Crippen molar-refractivity contribution in [2.45, 2.75) is 19.8 Å². The molecule has 0 heterocycles. The highest BCUT2D eigenvalue weighted by Gasteiger charge is 2.08. The van der Waals surface area contributed by atoms with E-state index in [0.717, 1.165) is 11.3 Å². The lowest BCUT2D eigenvalue weighted by Gasteiger charge is -2.13. The Morgan fingerprint density at radius 3 is 2.17 bits per heavy atom. The molecule has 0 amide bonds. The minimum Gasteiger partial charge on any atom is -0.508 e. The van der Waals surface area contributed by atoms with Gasteiger partial charge in [0.2, 0.25) is 0 Å². The lowest BCUT2D eigenvalue weighted by atomic mass is 10.0. The van der Waals surface area contributed by atoms with Gasteiger partial charge in [-0.2, -0.15) is 0 Å². The molecule has 0 saturated carbocycles. The van der Waals surface area contributed by atoms with Crippen LogP contribution in [0.3, 0.4) is 0 Å². The summed E-state index contributed by atoms with van der Waals surface area (Å²) >= 11 is 0. The highest BCUT2D eigenvalue weighted by Crippen LogP contribution is 2.33. The van der Waals surface area contributed by atoms with E-state index in [1.165, 1.54) is 18.2 Å². The Balaban J connectivity index is 2.34. The lowest BCUT2D eigenvalue weighted by molar-refractivity contribution is 0.429. The zero-order valence-corrected chi connectivity index (χ0v) is 10.4. The molecule has 0 aromatic heterocycles. The van der Waals surface area contributed by atoms with Gasteiger partial charge in [-0.25, -0.2) is 0 Å². The van der Waals surface area contributed by atoms with Crippen molar-refractivity contribution in [3.05, 3.63) is 48.0 Å². The SMILES string of the molecule is CC(C)c1ccccc1Oc1cc(O)cc(O)c1. The Kier molecular flexibility index (Phi) is 3.42. The van der Waals surface area contributed by atoms with Crippen LogP contribution in [-0.2, 0) is 0 Å². The predicted molar refractivity (Wildman–Crippen MR) is 70.4 cm³/mol. The van der Waals surface area contributed by atoms with Crippen LogP contribution in [0.5, 0.6) is 23.0 Å². The minimum absolute atomic E-state index is 0.0213. The first-order chi connectivity index (χ1) is 8.56. The number of phenols is 2. The summed E-state index contributed by atoms with van der Waals surface area (Å²) in [4.78, 5) is 0. The van der Waals surface area contributed by atoms with Crippen molar-refractivity contribution in [1.29, 1.82) is 0 Å². The molecule has 2 aromatic rings. The van der Waals surface area contributed by atoms with E-state index >= 15 is 0 Å². The van der Waals surface area contributed by atoms with Gasteiger partial charge in [0.25, 0.3) is 0 Å². The standard InChI is InChI=1S/C15H16O3/c1-10(2)14-5-3-4-6-15(14)18-13-8-11(16)7-12(17)9-13/h3-10,16-17H,1-2H3. The fourth-order valence-corrected chi connectivity index (χ4v) is 1.80. The van der Waals surface area contributed by atoms with Crippen molar-refractivity contribution in [2.75, 3.05) is 0 Å². The molecule has 2 aromatic carbocycles. The Hall–Kier alpha value is -2.16. The summed E-state index contributed by atoms with van der Waals surface area (Å²) in [5.41, 5.74) is 1.08. The molecule has 3 heteroatoms. The summed E-state index contributed by atoms with van der Waals surface area (Å²) < 4.78 is 5.71. The van der Waals surface area contributed by atoms with Crippen molar-refractivity contribution < 1.29 is 14.9 Å². The van der Waals surface area contributed by atoms with E-state index in [2.05, 4.69) is 13.8 Å². The highest BCUT2D eigenvalue weighted by atomic mass is 16.5. The third kappa shape index (κ3) is 2.74. The molecule has 0 aliphatic heterocycles. The van der Waals surface area contributed by atoms with Crippen LogP contribution in [0.1, 0.15) is 25.3 Å². The van der Waals surface area contributed by atoms with Gasteiger partial charge in [-0.15, -0.1) is 0 Å². The molecule has 18 heavy (non-hydrogen) atoms. The number of hydrogen-bond acceptors (Lipinski definition) is 3. The van der Waals surface area contributed by atoms with Crippen LogP contribution in [0.25, 0.3) is 0 Å². The van der Waals surface area contributed by atoms with Gasteiger partial charge >= 0.3 is 0 Å². The van der Waals surface area contributed by atoms with Crippen molar-refractivity contribution in [3.63, 3.8) is 0 Å². The van der Waals surface area contributed by atoms with E-state index in [1.54, 1.807) is 0 Å². The Labute approximate surface area is 106 Å². The molecular weight excluding hydrogens is 228 g/mol. The second-order valence-electron chi connectivity index (χ2n) is 4.48. The van der Waals surface area contributed by atoms with Crippen molar-refractivity contribution >= 4 is 0 Å². The van der Waals surface area contributed by atoms with Gasteiger partial charge in [-0.05, 0) is 17.5 Å². The largest absolute Gasteiger partial charge is 0.508 e. The maximum atomic E-state index is 9.41. The monoisotopic (exact) mass is 244 g/mol. The van der Waals surface area contributed by atoms with Crippen LogP contribution >= 0.6 is 0 Å². The van der Waals surface area contributed by atoms with E-state index in [4.69, 9.17) is 4.74 Å². The van der Waals surface area contributed by atoms with Gasteiger partial charge in [0.15, 0.2) is 0 Å². The number of benzene rings is 2. The molecule has 0 atom stereocenters. The first-order valence-electron chi connectivity index (χ1n) is 5.86. The quantitative estimate of drug-likeness (QED) is 0.857. The van der Waals surface area contributed by atoms with Crippen LogP contribution in [0.4, 0.5) is 0 Å². The van der Waals surface area contributed by atoms with E-state index in [0.29, 0.717) is 11.7 Å². The Morgan fingerprint density at radius 2 is 1.56 bits per heavy atom. The molecule has 0 bridgehead atoms. The minimum atomic E-state index is -0.0213. The lowest BCUT2D eigenvalue weighted by Crippen LogP contribution is -1.93. The molecular formula is C15H16O3. The molecule has 0 fully saturated rings. The summed E-state index contributed by atoms with van der Waals surface area (Å²) in [6, 6.07) is 11.9. The second kappa shape index (κ2) is 5.00. The van der Waals surface area contributed by atoms with Crippen molar-refractivity contribution in [3.8, 4) is 23.0 Å². The van der Waals surface area contributed by atoms with Gasteiger partial charge in [0, 0.05) is 18.2 Å². The Morgan fingerprint density at radius 1 is 0.944 bits per heavy atom. The first-order valence-corrected chi connectivity index (χ1v) is 5.86. The van der Waals surface area contributed by atoms with Crippen LogP contribution in [-0.4, -0.2) is 10.2 Å². The molecule has 2 rings (SSSR count). The molecule has 3 nitrogen and oxygen atoms in total. The van der Waals surface area contributed by atoms with Gasteiger partial charge in [0.05, 0.1) is 0 Å². The molecule has 94 valence electrons. The smallest absolute Gasteiger partial charge is 0.134 e. The molecule has 0 saturated heterocycles. The topological polar surface area (TPSA) is 49.7 Å². The number of aromatic hydroxyl groups is 2. The zero-order valence-electron chi connectivity index (χ0n) is 10.4. The highest BCUT2D eigenvalue weighted by molar-refractivity contribution is 5.44. The van der Waals surface area contributed by atoms with Crippen LogP contribution in [0, 0.1) is 0 Å². The third-order valence-electron chi connectivity index (χ3n) is 2.64. The van der Waals surface area contributed by atoms with Crippen molar-refractivity contribution in [2.24, 2.45) is 0 Å². The zero-order chi connectivity index (χ0) is 13.1.